The smallest absolute Gasteiger partial charge is 0.317 e. The maximum absolute atomic E-state index is 11.7. The molecule has 0 aliphatic rings. The number of urea groups is 1. The fourth-order valence-electron chi connectivity index (χ4n) is 1.76. The summed E-state index contributed by atoms with van der Waals surface area (Å²) in [7, 11) is 1.65. The second-order valence-electron chi connectivity index (χ2n) is 4.44. The van der Waals surface area contributed by atoms with Crippen LogP contribution in [0.15, 0.2) is 43.0 Å². The van der Waals surface area contributed by atoms with Gasteiger partial charge in [0, 0.05) is 38.2 Å². The van der Waals surface area contributed by atoms with Crippen LogP contribution in [0.1, 0.15) is 5.56 Å². The quantitative estimate of drug-likeness (QED) is 0.854. The van der Waals surface area contributed by atoms with E-state index in [1.165, 1.54) is 4.90 Å². The minimum Gasteiger partial charge on any atom is -0.395 e. The predicted octanol–water partition coefficient (Wildman–Crippen LogP) is 1.01. The van der Waals surface area contributed by atoms with E-state index in [0.717, 1.165) is 11.3 Å². The first kappa shape index (κ1) is 14.1. The van der Waals surface area contributed by atoms with Crippen LogP contribution in [0.3, 0.4) is 0 Å². The fraction of sp³-hybridized carbons (Fsp3) is 0.286. The third kappa shape index (κ3) is 3.58. The molecular formula is C14H18N4O2. The molecular weight excluding hydrogens is 256 g/mol. The molecule has 0 unspecified atom stereocenters. The van der Waals surface area contributed by atoms with Crippen molar-refractivity contribution in [1.82, 2.24) is 19.8 Å². The van der Waals surface area contributed by atoms with Gasteiger partial charge in [-0.3, -0.25) is 0 Å². The van der Waals surface area contributed by atoms with Gasteiger partial charge in [-0.15, -0.1) is 0 Å². The highest BCUT2D eigenvalue weighted by atomic mass is 16.3. The molecule has 1 aromatic heterocycles. The van der Waals surface area contributed by atoms with Crippen LogP contribution in [0.5, 0.6) is 0 Å². The molecule has 6 heteroatoms. The second-order valence-corrected chi connectivity index (χ2v) is 4.44. The molecule has 0 fully saturated rings. The Balaban J connectivity index is 1.90. The van der Waals surface area contributed by atoms with Crippen LogP contribution in [-0.4, -0.2) is 45.8 Å². The highest BCUT2D eigenvalue weighted by Crippen LogP contribution is 2.09. The average molecular weight is 274 g/mol. The zero-order chi connectivity index (χ0) is 14.4. The molecule has 0 bridgehead atoms. The van der Waals surface area contributed by atoms with Crippen LogP contribution in [-0.2, 0) is 6.54 Å². The molecule has 1 heterocycles. The van der Waals surface area contributed by atoms with Gasteiger partial charge in [0.15, 0.2) is 0 Å². The molecule has 6 nitrogen and oxygen atoms in total. The standard InChI is InChI=1S/C14H18N4O2/c1-17(8-9-19)14(20)16-10-12-2-4-13(5-3-12)18-7-6-15-11-18/h2-7,11,19H,8-10H2,1H3,(H,16,20). The molecule has 1 aromatic carbocycles. The van der Waals surface area contributed by atoms with Gasteiger partial charge in [0.2, 0.25) is 0 Å². The summed E-state index contributed by atoms with van der Waals surface area (Å²) in [6, 6.07) is 7.67. The van der Waals surface area contributed by atoms with E-state index < -0.39 is 0 Å². The highest BCUT2D eigenvalue weighted by molar-refractivity contribution is 5.73. The van der Waals surface area contributed by atoms with Gasteiger partial charge in [-0.1, -0.05) is 12.1 Å². The average Bonchev–Trinajstić information content (AvgIpc) is 2.99. The van der Waals surface area contributed by atoms with Crippen molar-refractivity contribution in [3.05, 3.63) is 48.5 Å². The number of amides is 2. The number of imidazole rings is 1. The van der Waals surface area contributed by atoms with Crippen LogP contribution in [0.25, 0.3) is 5.69 Å². The summed E-state index contributed by atoms with van der Waals surface area (Å²) < 4.78 is 1.91. The van der Waals surface area contributed by atoms with Crippen molar-refractivity contribution >= 4 is 6.03 Å². The van der Waals surface area contributed by atoms with Gasteiger partial charge in [-0.05, 0) is 17.7 Å². The molecule has 0 saturated heterocycles. The number of likely N-dealkylation sites (N-methyl/N-ethyl adjacent to an activating group) is 1. The van der Waals surface area contributed by atoms with Crippen molar-refractivity contribution in [1.29, 1.82) is 0 Å². The van der Waals surface area contributed by atoms with Gasteiger partial charge in [0.05, 0.1) is 12.9 Å². The van der Waals surface area contributed by atoms with Gasteiger partial charge in [0.25, 0.3) is 0 Å². The third-order valence-corrected chi connectivity index (χ3v) is 2.96. The van der Waals surface area contributed by atoms with Crippen LogP contribution in [0.4, 0.5) is 4.79 Å². The zero-order valence-electron chi connectivity index (χ0n) is 11.4. The zero-order valence-corrected chi connectivity index (χ0v) is 11.4. The molecule has 0 aliphatic heterocycles. The summed E-state index contributed by atoms with van der Waals surface area (Å²) in [4.78, 5) is 17.1. The third-order valence-electron chi connectivity index (χ3n) is 2.96. The van der Waals surface area contributed by atoms with E-state index in [1.807, 2.05) is 35.0 Å². The van der Waals surface area contributed by atoms with Crippen molar-refractivity contribution in [2.24, 2.45) is 0 Å². The molecule has 20 heavy (non-hydrogen) atoms. The van der Waals surface area contributed by atoms with E-state index in [2.05, 4.69) is 10.3 Å². The normalized spacial score (nSPS) is 10.3. The van der Waals surface area contributed by atoms with Crippen LogP contribution in [0, 0.1) is 0 Å². The predicted molar refractivity (Wildman–Crippen MR) is 75.5 cm³/mol. The molecule has 2 N–H and O–H groups in total. The lowest BCUT2D eigenvalue weighted by molar-refractivity contribution is 0.190. The number of nitrogens with zero attached hydrogens (tertiary/aromatic N) is 3. The Kier molecular flexibility index (Phi) is 4.73. The van der Waals surface area contributed by atoms with Crippen molar-refractivity contribution in [2.75, 3.05) is 20.2 Å². The van der Waals surface area contributed by atoms with E-state index >= 15 is 0 Å². The number of hydrogen-bond donors (Lipinski definition) is 2. The number of carbonyl (C=O) groups is 1. The minimum atomic E-state index is -0.197. The Morgan fingerprint density at radius 3 is 2.75 bits per heavy atom. The van der Waals surface area contributed by atoms with Gasteiger partial charge in [-0.25, -0.2) is 9.78 Å². The summed E-state index contributed by atoms with van der Waals surface area (Å²) >= 11 is 0. The summed E-state index contributed by atoms with van der Waals surface area (Å²) in [5.41, 5.74) is 2.04. The van der Waals surface area contributed by atoms with E-state index in [1.54, 1.807) is 19.6 Å². The SMILES string of the molecule is CN(CCO)C(=O)NCc1ccc(-n2ccnc2)cc1. The Hall–Kier alpha value is -2.34. The summed E-state index contributed by atoms with van der Waals surface area (Å²) in [6.45, 7) is 0.744. The summed E-state index contributed by atoms with van der Waals surface area (Å²) in [5, 5.41) is 11.6. The molecule has 0 atom stereocenters. The van der Waals surface area contributed by atoms with Crippen molar-refractivity contribution in [3.8, 4) is 5.69 Å². The molecule has 0 aliphatic carbocycles. The number of nitrogens with one attached hydrogen (secondary N) is 1. The molecule has 2 aromatic rings. The Morgan fingerprint density at radius 1 is 1.40 bits per heavy atom. The van der Waals surface area contributed by atoms with Gasteiger partial charge in [0.1, 0.15) is 0 Å². The Labute approximate surface area is 117 Å². The number of hydrogen-bond acceptors (Lipinski definition) is 3. The number of aromatic nitrogens is 2. The summed E-state index contributed by atoms with van der Waals surface area (Å²) in [5.74, 6) is 0. The largest absolute Gasteiger partial charge is 0.395 e. The fourth-order valence-corrected chi connectivity index (χ4v) is 1.76. The number of benzene rings is 1. The van der Waals surface area contributed by atoms with Crippen molar-refractivity contribution in [2.45, 2.75) is 6.54 Å². The topological polar surface area (TPSA) is 70.4 Å². The van der Waals surface area contributed by atoms with Gasteiger partial charge < -0.3 is 19.9 Å². The Bertz CT molecular complexity index is 537. The maximum atomic E-state index is 11.7. The van der Waals surface area contributed by atoms with E-state index in [4.69, 9.17) is 5.11 Å². The monoisotopic (exact) mass is 274 g/mol. The number of aliphatic hydroxyl groups excluding tert-OH is 1. The van der Waals surface area contributed by atoms with Crippen molar-refractivity contribution < 1.29 is 9.90 Å². The van der Waals surface area contributed by atoms with E-state index in [9.17, 15) is 4.79 Å². The van der Waals surface area contributed by atoms with Crippen LogP contribution < -0.4 is 5.32 Å². The summed E-state index contributed by atoms with van der Waals surface area (Å²) in [6.07, 6.45) is 5.34. The van der Waals surface area contributed by atoms with Crippen LogP contribution in [0.2, 0.25) is 0 Å². The molecule has 2 rings (SSSR count). The second kappa shape index (κ2) is 6.72. The van der Waals surface area contributed by atoms with Crippen molar-refractivity contribution in [3.63, 3.8) is 0 Å². The van der Waals surface area contributed by atoms with E-state index in [-0.39, 0.29) is 12.6 Å². The number of carbonyl (C=O) groups excluding carboxylic acids is 1. The minimum absolute atomic E-state index is 0.0382. The molecule has 0 radical (unpaired) electrons. The van der Waals surface area contributed by atoms with Gasteiger partial charge in [-0.2, -0.15) is 0 Å². The molecule has 2 amide bonds. The first-order chi connectivity index (χ1) is 9.70. The lowest BCUT2D eigenvalue weighted by Gasteiger charge is -2.16. The van der Waals surface area contributed by atoms with Gasteiger partial charge >= 0.3 is 6.03 Å². The number of aliphatic hydroxyl groups is 1. The lowest BCUT2D eigenvalue weighted by atomic mass is 10.2. The molecule has 0 spiro atoms. The van der Waals surface area contributed by atoms with E-state index in [0.29, 0.717) is 13.1 Å². The molecule has 106 valence electrons. The highest BCUT2D eigenvalue weighted by Gasteiger charge is 2.06. The molecule has 0 saturated carbocycles. The van der Waals surface area contributed by atoms with Crippen LogP contribution >= 0.6 is 0 Å². The lowest BCUT2D eigenvalue weighted by Crippen LogP contribution is -2.38. The maximum Gasteiger partial charge on any atom is 0.317 e. The first-order valence-electron chi connectivity index (χ1n) is 6.38. The Morgan fingerprint density at radius 2 is 2.15 bits per heavy atom. The first-order valence-corrected chi connectivity index (χ1v) is 6.38. The number of rotatable bonds is 5.